The number of hydrogen-bond acceptors (Lipinski definition) is 2. The van der Waals surface area contributed by atoms with E-state index in [0.29, 0.717) is 17.2 Å². The van der Waals surface area contributed by atoms with Gasteiger partial charge in [0.15, 0.2) is 0 Å². The number of halogens is 3. The molecule has 0 amide bonds. The number of alkyl halides is 2. The molecule has 1 saturated carbocycles. The van der Waals surface area contributed by atoms with Gasteiger partial charge in [0.1, 0.15) is 12.0 Å². The molecule has 1 spiro atoms. The van der Waals surface area contributed by atoms with Crippen molar-refractivity contribution >= 4 is 40.4 Å². The summed E-state index contributed by atoms with van der Waals surface area (Å²) in [6, 6.07) is 8.17. The predicted molar refractivity (Wildman–Crippen MR) is 113 cm³/mol. The minimum absolute atomic E-state index is 0.186. The van der Waals surface area contributed by atoms with E-state index in [1.54, 1.807) is 13.0 Å². The minimum atomic E-state index is -1.28. The second-order valence-corrected chi connectivity index (χ2v) is 9.06. The highest BCUT2D eigenvalue weighted by atomic mass is 35.5. The molecule has 0 aromatic heterocycles. The molecular formula is C21H24Cl2FN3. The summed E-state index contributed by atoms with van der Waals surface area (Å²) in [5.74, 6) is 0.917. The van der Waals surface area contributed by atoms with Crippen LogP contribution in [0.25, 0.3) is 0 Å². The van der Waals surface area contributed by atoms with E-state index in [4.69, 9.17) is 28.2 Å². The number of benzene rings is 1. The van der Waals surface area contributed by atoms with Gasteiger partial charge in [-0.05, 0) is 49.6 Å². The molecular weight excluding hydrogens is 384 g/mol. The van der Waals surface area contributed by atoms with Crippen molar-refractivity contribution in [3.63, 3.8) is 0 Å². The summed E-state index contributed by atoms with van der Waals surface area (Å²) >= 11 is 12.5. The summed E-state index contributed by atoms with van der Waals surface area (Å²) in [5, 5.41) is 7.72. The molecule has 4 rings (SSSR count). The molecule has 1 aromatic rings. The molecule has 27 heavy (non-hydrogen) atoms. The average molecular weight is 408 g/mol. The van der Waals surface area contributed by atoms with Gasteiger partial charge in [0.05, 0.1) is 28.3 Å². The maximum atomic E-state index is 14.3. The largest absolute Gasteiger partial charge is 0.371 e. The summed E-state index contributed by atoms with van der Waals surface area (Å²) in [6.07, 6.45) is 7.43. The van der Waals surface area contributed by atoms with E-state index in [1.807, 2.05) is 18.2 Å². The van der Waals surface area contributed by atoms with Gasteiger partial charge in [0, 0.05) is 5.03 Å². The van der Waals surface area contributed by atoms with Crippen molar-refractivity contribution in [2.45, 2.75) is 55.6 Å². The van der Waals surface area contributed by atoms with Crippen LogP contribution in [-0.4, -0.2) is 29.0 Å². The van der Waals surface area contributed by atoms with Gasteiger partial charge in [0.25, 0.3) is 0 Å². The Morgan fingerprint density at radius 2 is 1.89 bits per heavy atom. The number of amidine groups is 1. The van der Waals surface area contributed by atoms with Crippen molar-refractivity contribution in [1.29, 1.82) is 0 Å². The first-order chi connectivity index (χ1) is 12.9. The number of rotatable bonds is 2. The molecule has 2 aliphatic carbocycles. The van der Waals surface area contributed by atoms with E-state index >= 15 is 0 Å². The normalized spacial score (nSPS) is 30.8. The fourth-order valence-corrected chi connectivity index (χ4v) is 4.68. The molecule has 2 atom stereocenters. The van der Waals surface area contributed by atoms with Crippen molar-refractivity contribution in [2.24, 2.45) is 4.99 Å². The Hall–Kier alpha value is -1.52. The third kappa shape index (κ3) is 3.62. The Labute approximate surface area is 169 Å². The summed E-state index contributed by atoms with van der Waals surface area (Å²) in [5.41, 5.74) is 2.62. The SMILES string of the molecule is CC1(Cl)C=C(Cl)C(CN=C2Nc3ccccc3NC23CCCCC3)=CC1F. The highest BCUT2D eigenvalue weighted by Gasteiger charge is 2.41. The molecule has 1 aromatic carbocycles. The summed E-state index contributed by atoms with van der Waals surface area (Å²) < 4.78 is 14.3. The third-order valence-electron chi connectivity index (χ3n) is 5.72. The van der Waals surface area contributed by atoms with Gasteiger partial charge in [-0.1, -0.05) is 43.0 Å². The first-order valence-electron chi connectivity index (χ1n) is 9.51. The van der Waals surface area contributed by atoms with Crippen molar-refractivity contribution in [2.75, 3.05) is 17.2 Å². The molecule has 3 aliphatic rings. The van der Waals surface area contributed by atoms with E-state index in [9.17, 15) is 4.39 Å². The van der Waals surface area contributed by atoms with Crippen molar-refractivity contribution in [3.05, 3.63) is 47.0 Å². The van der Waals surface area contributed by atoms with Crippen LogP contribution in [-0.2, 0) is 0 Å². The maximum Gasteiger partial charge on any atom is 0.141 e. The van der Waals surface area contributed by atoms with Crippen molar-refractivity contribution < 1.29 is 4.39 Å². The Balaban J connectivity index is 1.63. The van der Waals surface area contributed by atoms with Crippen LogP contribution in [0.5, 0.6) is 0 Å². The van der Waals surface area contributed by atoms with Gasteiger partial charge in [-0.3, -0.25) is 4.99 Å². The van der Waals surface area contributed by atoms with Crippen molar-refractivity contribution in [1.82, 2.24) is 0 Å². The number of nitrogens with zero attached hydrogens (tertiary/aromatic N) is 1. The number of allylic oxidation sites excluding steroid dienone is 2. The van der Waals surface area contributed by atoms with Gasteiger partial charge in [0.2, 0.25) is 0 Å². The second-order valence-electron chi connectivity index (χ2n) is 7.84. The molecule has 144 valence electrons. The first-order valence-corrected chi connectivity index (χ1v) is 10.3. The molecule has 1 fully saturated rings. The van der Waals surface area contributed by atoms with Gasteiger partial charge in [-0.15, -0.1) is 11.6 Å². The van der Waals surface area contributed by atoms with E-state index in [1.165, 1.54) is 12.5 Å². The molecule has 1 heterocycles. The summed E-state index contributed by atoms with van der Waals surface area (Å²) in [4.78, 5) is 3.76. The summed E-state index contributed by atoms with van der Waals surface area (Å²) in [7, 11) is 0. The Kier molecular flexibility index (Phi) is 4.98. The van der Waals surface area contributed by atoms with Crippen LogP contribution in [0.4, 0.5) is 15.8 Å². The lowest BCUT2D eigenvalue weighted by Gasteiger charge is -2.44. The number of aliphatic imine (C=N–C) groups is 1. The fourth-order valence-electron chi connectivity index (χ4n) is 4.11. The van der Waals surface area contributed by atoms with Crippen LogP contribution >= 0.6 is 23.2 Å². The zero-order valence-corrected chi connectivity index (χ0v) is 16.9. The van der Waals surface area contributed by atoms with Crippen LogP contribution in [0, 0.1) is 0 Å². The highest BCUT2D eigenvalue weighted by Crippen LogP contribution is 2.40. The molecule has 0 radical (unpaired) electrons. The lowest BCUT2D eigenvalue weighted by molar-refractivity contribution is 0.349. The lowest BCUT2D eigenvalue weighted by Crippen LogP contribution is -2.53. The monoisotopic (exact) mass is 407 g/mol. The Bertz CT molecular complexity index is 822. The van der Waals surface area contributed by atoms with Gasteiger partial charge >= 0.3 is 0 Å². The number of hydrogen-bond donors (Lipinski definition) is 2. The average Bonchev–Trinajstić information content (AvgIpc) is 2.64. The van der Waals surface area contributed by atoms with E-state index in [2.05, 4.69) is 16.7 Å². The number of para-hydroxylation sites is 2. The zero-order valence-electron chi connectivity index (χ0n) is 15.4. The number of nitrogens with one attached hydrogen (secondary N) is 2. The standard InChI is InChI=1S/C21H24Cl2FN3/c1-20(23)12-15(22)14(11-18(20)24)13-25-19-21(9-5-2-6-10-21)27-17-8-4-3-7-16(17)26-19/h3-4,7-8,11-12,18,27H,2,5-6,9-10,13H2,1H3,(H,25,26). The van der Waals surface area contributed by atoms with Crippen molar-refractivity contribution in [3.8, 4) is 0 Å². The maximum absolute atomic E-state index is 14.3. The van der Waals surface area contributed by atoms with Crippen LogP contribution in [0.3, 0.4) is 0 Å². The second kappa shape index (κ2) is 7.14. The van der Waals surface area contributed by atoms with E-state index in [-0.39, 0.29) is 5.54 Å². The minimum Gasteiger partial charge on any atom is -0.371 e. The molecule has 0 saturated heterocycles. The van der Waals surface area contributed by atoms with Crippen LogP contribution in [0.2, 0.25) is 0 Å². The van der Waals surface area contributed by atoms with Gasteiger partial charge < -0.3 is 10.6 Å². The molecule has 2 N–H and O–H groups in total. The molecule has 2 unspecified atom stereocenters. The smallest absolute Gasteiger partial charge is 0.141 e. The third-order valence-corrected chi connectivity index (χ3v) is 6.39. The van der Waals surface area contributed by atoms with Crippen LogP contribution in [0.1, 0.15) is 39.0 Å². The zero-order chi connectivity index (χ0) is 19.1. The molecule has 0 bridgehead atoms. The molecule has 3 nitrogen and oxygen atoms in total. The first kappa shape index (κ1) is 18.8. The number of anilines is 2. The van der Waals surface area contributed by atoms with Crippen LogP contribution < -0.4 is 10.6 Å². The highest BCUT2D eigenvalue weighted by molar-refractivity contribution is 6.34. The quantitative estimate of drug-likeness (QED) is 0.587. The predicted octanol–water partition coefficient (Wildman–Crippen LogP) is 6.02. The van der Waals surface area contributed by atoms with E-state index in [0.717, 1.165) is 42.9 Å². The molecule has 6 heteroatoms. The van der Waals surface area contributed by atoms with Gasteiger partial charge in [-0.25, -0.2) is 4.39 Å². The number of fused-ring (bicyclic) bond motifs is 1. The topological polar surface area (TPSA) is 36.4 Å². The molecule has 1 aliphatic heterocycles. The lowest BCUT2D eigenvalue weighted by atomic mass is 9.79. The van der Waals surface area contributed by atoms with E-state index < -0.39 is 11.0 Å². The van der Waals surface area contributed by atoms with Crippen LogP contribution in [0.15, 0.2) is 52.0 Å². The van der Waals surface area contributed by atoms with Gasteiger partial charge in [-0.2, -0.15) is 0 Å². The fraction of sp³-hybridized carbons (Fsp3) is 0.476. The Morgan fingerprint density at radius 3 is 2.63 bits per heavy atom. The Morgan fingerprint density at radius 1 is 1.19 bits per heavy atom. The summed E-state index contributed by atoms with van der Waals surface area (Å²) in [6.45, 7) is 1.96.